The van der Waals surface area contributed by atoms with Crippen LogP contribution < -0.4 is 4.74 Å². The molecule has 0 fully saturated rings. The summed E-state index contributed by atoms with van der Waals surface area (Å²) in [5.74, 6) is 0.736. The molecule has 1 unspecified atom stereocenters. The summed E-state index contributed by atoms with van der Waals surface area (Å²) >= 11 is 0. The van der Waals surface area contributed by atoms with Gasteiger partial charge in [-0.1, -0.05) is 42.5 Å². The SMILES string of the molecule is COc1cccc2c1C(O)(COCc1ccccc1)C2. The van der Waals surface area contributed by atoms with E-state index in [0.717, 1.165) is 22.4 Å². The summed E-state index contributed by atoms with van der Waals surface area (Å²) in [6, 6.07) is 15.8. The normalized spacial score (nSPS) is 20.1. The minimum absolute atomic E-state index is 0.287. The van der Waals surface area contributed by atoms with Gasteiger partial charge in [0.15, 0.2) is 0 Å². The van der Waals surface area contributed by atoms with Crippen molar-refractivity contribution >= 4 is 0 Å². The smallest absolute Gasteiger partial charge is 0.125 e. The zero-order valence-electron chi connectivity index (χ0n) is 11.5. The molecule has 1 N–H and O–H groups in total. The van der Waals surface area contributed by atoms with Gasteiger partial charge in [-0.05, 0) is 17.2 Å². The van der Waals surface area contributed by atoms with Gasteiger partial charge in [0.25, 0.3) is 0 Å². The number of hydrogen-bond acceptors (Lipinski definition) is 3. The summed E-state index contributed by atoms with van der Waals surface area (Å²) in [4.78, 5) is 0. The highest BCUT2D eigenvalue weighted by Crippen LogP contribution is 2.44. The lowest BCUT2D eigenvalue weighted by molar-refractivity contribution is -0.0733. The fraction of sp³-hybridized carbons (Fsp3) is 0.294. The van der Waals surface area contributed by atoms with E-state index < -0.39 is 5.60 Å². The Bertz CT molecular complexity index is 594. The van der Waals surface area contributed by atoms with Crippen LogP contribution in [0.4, 0.5) is 0 Å². The second-order valence-electron chi connectivity index (χ2n) is 5.18. The van der Waals surface area contributed by atoms with Crippen LogP contribution in [0.2, 0.25) is 0 Å². The van der Waals surface area contributed by atoms with Gasteiger partial charge < -0.3 is 14.6 Å². The maximum absolute atomic E-state index is 10.6. The third-order valence-electron chi connectivity index (χ3n) is 3.73. The van der Waals surface area contributed by atoms with E-state index in [-0.39, 0.29) is 6.61 Å². The van der Waals surface area contributed by atoms with Crippen molar-refractivity contribution in [2.24, 2.45) is 0 Å². The maximum atomic E-state index is 10.6. The van der Waals surface area contributed by atoms with E-state index in [4.69, 9.17) is 9.47 Å². The van der Waals surface area contributed by atoms with Gasteiger partial charge in [-0.25, -0.2) is 0 Å². The van der Waals surface area contributed by atoms with Crippen molar-refractivity contribution in [1.82, 2.24) is 0 Å². The molecule has 3 rings (SSSR count). The Morgan fingerprint density at radius 1 is 1.10 bits per heavy atom. The Balaban J connectivity index is 1.66. The van der Waals surface area contributed by atoms with E-state index in [1.165, 1.54) is 0 Å². The Hall–Kier alpha value is -1.84. The van der Waals surface area contributed by atoms with Crippen molar-refractivity contribution in [3.63, 3.8) is 0 Å². The molecule has 104 valence electrons. The number of methoxy groups -OCH3 is 1. The molecule has 0 bridgehead atoms. The summed E-state index contributed by atoms with van der Waals surface area (Å²) in [7, 11) is 1.62. The van der Waals surface area contributed by atoms with Crippen molar-refractivity contribution in [3.05, 3.63) is 65.2 Å². The van der Waals surface area contributed by atoms with Crippen LogP contribution in [0.5, 0.6) is 5.75 Å². The van der Waals surface area contributed by atoms with Gasteiger partial charge in [0, 0.05) is 12.0 Å². The highest BCUT2D eigenvalue weighted by Gasteiger charge is 2.43. The lowest BCUT2D eigenvalue weighted by Crippen LogP contribution is -2.43. The third kappa shape index (κ3) is 2.30. The van der Waals surface area contributed by atoms with Gasteiger partial charge in [0.2, 0.25) is 0 Å². The number of rotatable bonds is 5. The first-order valence-electron chi connectivity index (χ1n) is 6.73. The maximum Gasteiger partial charge on any atom is 0.125 e. The number of hydrogen-bond donors (Lipinski definition) is 1. The number of fused-ring (bicyclic) bond motifs is 1. The van der Waals surface area contributed by atoms with Crippen molar-refractivity contribution in [2.45, 2.75) is 18.6 Å². The number of aliphatic hydroxyl groups is 1. The summed E-state index contributed by atoms with van der Waals surface area (Å²) in [6.07, 6.45) is 0.619. The van der Waals surface area contributed by atoms with Gasteiger partial charge in [-0.3, -0.25) is 0 Å². The topological polar surface area (TPSA) is 38.7 Å². The average molecular weight is 270 g/mol. The molecule has 0 saturated carbocycles. The first-order chi connectivity index (χ1) is 9.73. The van der Waals surface area contributed by atoms with Crippen LogP contribution in [0.3, 0.4) is 0 Å². The lowest BCUT2D eigenvalue weighted by Gasteiger charge is -2.40. The number of ether oxygens (including phenoxy) is 2. The predicted octanol–water partition coefficient (Wildman–Crippen LogP) is 2.66. The van der Waals surface area contributed by atoms with Gasteiger partial charge >= 0.3 is 0 Å². The molecule has 2 aromatic carbocycles. The van der Waals surface area contributed by atoms with Gasteiger partial charge in [0.05, 0.1) is 20.3 Å². The molecule has 0 spiro atoms. The molecule has 1 aliphatic carbocycles. The van der Waals surface area contributed by atoms with Crippen molar-refractivity contribution in [1.29, 1.82) is 0 Å². The Labute approximate surface area is 118 Å². The molecular formula is C17H18O3. The van der Waals surface area contributed by atoms with Gasteiger partial charge in [-0.15, -0.1) is 0 Å². The van der Waals surface area contributed by atoms with Gasteiger partial charge in [-0.2, -0.15) is 0 Å². The zero-order valence-corrected chi connectivity index (χ0v) is 11.5. The Morgan fingerprint density at radius 3 is 2.65 bits per heavy atom. The molecule has 0 radical (unpaired) electrons. The van der Waals surface area contributed by atoms with Crippen LogP contribution in [0.1, 0.15) is 16.7 Å². The Morgan fingerprint density at radius 2 is 1.90 bits per heavy atom. The molecule has 1 atom stereocenters. The summed E-state index contributed by atoms with van der Waals surface area (Å²) < 4.78 is 11.0. The second kappa shape index (κ2) is 5.27. The minimum Gasteiger partial charge on any atom is -0.496 e. The average Bonchev–Trinajstić information content (AvgIpc) is 2.47. The highest BCUT2D eigenvalue weighted by atomic mass is 16.5. The monoisotopic (exact) mass is 270 g/mol. The minimum atomic E-state index is -0.920. The number of benzene rings is 2. The standard InChI is InChI=1S/C17H18O3/c1-19-15-9-5-8-14-10-17(18,16(14)15)12-20-11-13-6-3-2-4-7-13/h2-9,18H,10-12H2,1H3. The van der Waals surface area contributed by atoms with E-state index in [1.54, 1.807) is 7.11 Å². The first-order valence-corrected chi connectivity index (χ1v) is 6.73. The first kappa shape index (κ1) is 13.2. The van der Waals surface area contributed by atoms with Crippen molar-refractivity contribution < 1.29 is 14.6 Å². The Kier molecular flexibility index (Phi) is 3.47. The zero-order chi connectivity index (χ0) is 14.0. The van der Waals surface area contributed by atoms with Crippen LogP contribution in [-0.2, 0) is 23.4 Å². The van der Waals surface area contributed by atoms with Crippen LogP contribution >= 0.6 is 0 Å². The molecule has 20 heavy (non-hydrogen) atoms. The van der Waals surface area contributed by atoms with E-state index in [1.807, 2.05) is 48.5 Å². The van der Waals surface area contributed by atoms with Gasteiger partial charge in [0.1, 0.15) is 11.4 Å². The molecular weight excluding hydrogens is 252 g/mol. The molecule has 3 nitrogen and oxygen atoms in total. The fourth-order valence-corrected chi connectivity index (χ4v) is 2.75. The van der Waals surface area contributed by atoms with Crippen LogP contribution in [-0.4, -0.2) is 18.8 Å². The molecule has 0 aromatic heterocycles. The van der Waals surface area contributed by atoms with E-state index in [0.29, 0.717) is 13.0 Å². The second-order valence-corrected chi connectivity index (χ2v) is 5.18. The van der Waals surface area contributed by atoms with Crippen molar-refractivity contribution in [3.8, 4) is 5.75 Å². The van der Waals surface area contributed by atoms with Crippen LogP contribution in [0, 0.1) is 0 Å². The summed E-state index contributed by atoms with van der Waals surface area (Å²) in [5, 5.41) is 10.6. The van der Waals surface area contributed by atoms with E-state index in [2.05, 4.69) is 0 Å². The molecule has 0 heterocycles. The quantitative estimate of drug-likeness (QED) is 0.907. The van der Waals surface area contributed by atoms with E-state index >= 15 is 0 Å². The van der Waals surface area contributed by atoms with Crippen LogP contribution in [0.25, 0.3) is 0 Å². The highest BCUT2D eigenvalue weighted by molar-refractivity contribution is 5.52. The van der Waals surface area contributed by atoms with Crippen molar-refractivity contribution in [2.75, 3.05) is 13.7 Å². The molecule has 0 amide bonds. The molecule has 1 aliphatic rings. The predicted molar refractivity (Wildman–Crippen MR) is 76.7 cm³/mol. The van der Waals surface area contributed by atoms with Crippen LogP contribution in [0.15, 0.2) is 48.5 Å². The fourth-order valence-electron chi connectivity index (χ4n) is 2.75. The summed E-state index contributed by atoms with van der Waals surface area (Å²) in [6.45, 7) is 0.795. The molecule has 3 heteroatoms. The lowest BCUT2D eigenvalue weighted by atomic mass is 9.73. The van der Waals surface area contributed by atoms with E-state index in [9.17, 15) is 5.11 Å². The third-order valence-corrected chi connectivity index (χ3v) is 3.73. The molecule has 0 saturated heterocycles. The molecule has 2 aromatic rings. The summed E-state index contributed by atoms with van der Waals surface area (Å²) in [5.41, 5.74) is 2.19. The largest absolute Gasteiger partial charge is 0.496 e. The molecule has 0 aliphatic heterocycles.